The van der Waals surface area contributed by atoms with Gasteiger partial charge in [-0.25, -0.2) is 0 Å². The van der Waals surface area contributed by atoms with Crippen LogP contribution in [0.5, 0.6) is 5.75 Å². The predicted molar refractivity (Wildman–Crippen MR) is 114 cm³/mol. The number of aromatic nitrogens is 1. The van der Waals surface area contributed by atoms with Crippen LogP contribution >= 0.6 is 0 Å². The summed E-state index contributed by atoms with van der Waals surface area (Å²) in [6, 6.07) is 16.1. The zero-order chi connectivity index (χ0) is 20.8. The third-order valence-corrected chi connectivity index (χ3v) is 5.48. The van der Waals surface area contributed by atoms with Gasteiger partial charge in [0.1, 0.15) is 5.75 Å². The molecule has 1 unspecified atom stereocenters. The minimum Gasteiger partial charge on any atom is -0.493 e. The Morgan fingerprint density at radius 3 is 2.59 bits per heavy atom. The number of nitrogens with zero attached hydrogens (tertiary/aromatic N) is 1. The van der Waals surface area contributed by atoms with E-state index in [0.29, 0.717) is 34.6 Å². The number of carbonyl (C=O) groups is 1. The molecule has 1 atom stereocenters. The number of hydrogen-bond donors (Lipinski definition) is 1. The van der Waals surface area contributed by atoms with Crippen LogP contribution in [0, 0.1) is 5.92 Å². The van der Waals surface area contributed by atoms with Gasteiger partial charge >= 0.3 is 0 Å². The minimum atomic E-state index is -1.18. The average molecular weight is 413 g/mol. The summed E-state index contributed by atoms with van der Waals surface area (Å²) >= 11 is 0. The lowest BCUT2D eigenvalue weighted by Crippen LogP contribution is -2.14. The number of nitrogens with one attached hydrogen (secondary N) is 1. The quantitative estimate of drug-likeness (QED) is 0.577. The maximum atomic E-state index is 12.6. The van der Waals surface area contributed by atoms with Crippen LogP contribution in [0.4, 0.5) is 5.69 Å². The Labute approximate surface area is 172 Å². The summed E-state index contributed by atoms with van der Waals surface area (Å²) in [5, 5.41) is 6.64. The van der Waals surface area contributed by atoms with Crippen LogP contribution in [0.25, 0.3) is 11.3 Å². The number of anilines is 1. The van der Waals surface area contributed by atoms with Crippen LogP contribution in [-0.4, -0.2) is 27.6 Å². The van der Waals surface area contributed by atoms with Crippen molar-refractivity contribution in [2.75, 3.05) is 17.7 Å². The summed E-state index contributed by atoms with van der Waals surface area (Å²) in [6.45, 7) is 6.66. The van der Waals surface area contributed by atoms with Crippen molar-refractivity contribution in [3.05, 3.63) is 60.3 Å². The molecule has 0 bridgehead atoms. The first-order valence-electron chi connectivity index (χ1n) is 9.46. The number of hydrogen-bond acceptors (Lipinski definition) is 5. The van der Waals surface area contributed by atoms with E-state index < -0.39 is 16.7 Å². The van der Waals surface area contributed by atoms with Crippen molar-refractivity contribution in [1.82, 2.24) is 5.16 Å². The number of para-hydroxylation sites is 1. The highest BCUT2D eigenvalue weighted by atomic mass is 32.2. The Morgan fingerprint density at radius 1 is 1.17 bits per heavy atom. The van der Waals surface area contributed by atoms with Crippen LogP contribution < -0.4 is 10.1 Å². The minimum absolute atomic E-state index is 0.150. The molecule has 6 nitrogen and oxygen atoms in total. The lowest BCUT2D eigenvalue weighted by atomic mass is 10.1. The number of amides is 1. The molecule has 7 heteroatoms. The van der Waals surface area contributed by atoms with Crippen LogP contribution in [0.1, 0.15) is 31.3 Å². The van der Waals surface area contributed by atoms with E-state index in [9.17, 15) is 9.00 Å². The second-order valence-electron chi connectivity index (χ2n) is 6.89. The fourth-order valence-electron chi connectivity index (χ4n) is 2.61. The summed E-state index contributed by atoms with van der Waals surface area (Å²) in [6.07, 6.45) is 0. The number of carbonyl (C=O) groups excluding carboxylic acids is 1. The predicted octanol–water partition coefficient (Wildman–Crippen LogP) is 4.76. The van der Waals surface area contributed by atoms with E-state index in [1.54, 1.807) is 30.3 Å². The van der Waals surface area contributed by atoms with Gasteiger partial charge in [0, 0.05) is 17.4 Å². The summed E-state index contributed by atoms with van der Waals surface area (Å²) in [7, 11) is -1.18. The van der Waals surface area contributed by atoms with Gasteiger partial charge in [-0.2, -0.15) is 0 Å². The largest absolute Gasteiger partial charge is 0.493 e. The van der Waals surface area contributed by atoms with Gasteiger partial charge in [-0.3, -0.25) is 9.00 Å². The van der Waals surface area contributed by atoms with E-state index in [0.717, 1.165) is 11.3 Å². The highest BCUT2D eigenvalue weighted by Gasteiger charge is 2.16. The monoisotopic (exact) mass is 412 g/mol. The van der Waals surface area contributed by atoms with Crippen molar-refractivity contribution in [3.8, 4) is 17.1 Å². The normalized spacial score (nSPS) is 12.0. The molecule has 2 aromatic carbocycles. The number of ether oxygens (including phenoxy) is 1. The van der Waals surface area contributed by atoms with Crippen molar-refractivity contribution >= 4 is 22.4 Å². The molecule has 0 aliphatic carbocycles. The van der Waals surface area contributed by atoms with E-state index in [2.05, 4.69) is 24.3 Å². The fourth-order valence-corrected chi connectivity index (χ4v) is 3.51. The van der Waals surface area contributed by atoms with Crippen LogP contribution in [0.2, 0.25) is 0 Å². The molecular weight excluding hydrogens is 388 g/mol. The molecule has 0 aliphatic heterocycles. The second kappa shape index (κ2) is 9.52. The fraction of sp³-hybridized carbons (Fsp3) is 0.273. The molecule has 0 spiro atoms. The molecule has 0 saturated carbocycles. The molecule has 0 saturated heterocycles. The van der Waals surface area contributed by atoms with Crippen molar-refractivity contribution in [3.63, 3.8) is 0 Å². The highest BCUT2D eigenvalue weighted by molar-refractivity contribution is 7.85. The van der Waals surface area contributed by atoms with E-state index in [4.69, 9.17) is 9.26 Å². The number of rotatable bonds is 8. The van der Waals surface area contributed by atoms with Gasteiger partial charge in [-0.1, -0.05) is 38.1 Å². The average Bonchev–Trinajstić information content (AvgIpc) is 3.23. The first kappa shape index (κ1) is 20.8. The highest BCUT2D eigenvalue weighted by Crippen LogP contribution is 2.25. The molecular formula is C22H24N2O4S. The van der Waals surface area contributed by atoms with Crippen LogP contribution in [-0.2, 0) is 10.8 Å². The van der Waals surface area contributed by atoms with E-state index in [1.165, 1.54) is 0 Å². The summed E-state index contributed by atoms with van der Waals surface area (Å²) in [5.41, 5.74) is 1.45. The molecule has 1 aromatic heterocycles. The van der Waals surface area contributed by atoms with Gasteiger partial charge in [0.2, 0.25) is 0 Å². The lowest BCUT2D eigenvalue weighted by Gasteiger charge is -2.08. The lowest BCUT2D eigenvalue weighted by molar-refractivity contribution is 0.101. The molecule has 29 heavy (non-hydrogen) atoms. The van der Waals surface area contributed by atoms with Crippen LogP contribution in [0.3, 0.4) is 0 Å². The van der Waals surface area contributed by atoms with Gasteiger partial charge < -0.3 is 14.6 Å². The molecule has 152 valence electrons. The molecule has 0 aliphatic rings. The van der Waals surface area contributed by atoms with Gasteiger partial charge in [-0.05, 0) is 42.3 Å². The van der Waals surface area contributed by atoms with Gasteiger partial charge in [0.05, 0.1) is 28.0 Å². The molecule has 1 heterocycles. The first-order valence-corrected chi connectivity index (χ1v) is 10.8. The maximum absolute atomic E-state index is 12.6. The molecule has 3 aromatic rings. The zero-order valence-electron chi connectivity index (χ0n) is 16.7. The topological polar surface area (TPSA) is 81.4 Å². The summed E-state index contributed by atoms with van der Waals surface area (Å²) in [5.74, 6) is 1.76. The Balaban J connectivity index is 1.72. The maximum Gasteiger partial charge on any atom is 0.277 e. The van der Waals surface area contributed by atoms with E-state index >= 15 is 0 Å². The molecule has 0 radical (unpaired) electrons. The SMILES string of the molecule is CCS(=O)c1ccccc1NC(=O)c1cc(-c2ccc(OCC(C)C)cc2)on1. The second-order valence-corrected chi connectivity index (χ2v) is 8.60. The van der Waals surface area contributed by atoms with Crippen molar-refractivity contribution in [1.29, 1.82) is 0 Å². The molecule has 0 fully saturated rings. The van der Waals surface area contributed by atoms with Crippen LogP contribution in [0.15, 0.2) is 64.0 Å². The molecule has 1 N–H and O–H groups in total. The van der Waals surface area contributed by atoms with E-state index in [1.807, 2.05) is 31.2 Å². The van der Waals surface area contributed by atoms with Crippen molar-refractivity contribution in [2.45, 2.75) is 25.7 Å². The van der Waals surface area contributed by atoms with Gasteiger partial charge in [0.15, 0.2) is 11.5 Å². The number of benzene rings is 2. The molecule has 3 rings (SSSR count). The standard InChI is InChI=1S/C22H24N2O4S/c1-4-29(26)21-8-6-5-7-18(21)23-22(25)19-13-20(28-24-19)16-9-11-17(12-10-16)27-14-15(2)3/h5-13,15H,4,14H2,1-3H3,(H,23,25). The Morgan fingerprint density at radius 2 is 1.90 bits per heavy atom. The Kier molecular flexibility index (Phi) is 6.82. The summed E-state index contributed by atoms with van der Waals surface area (Å²) < 4.78 is 23.2. The third-order valence-electron chi connectivity index (χ3n) is 4.11. The van der Waals surface area contributed by atoms with Crippen molar-refractivity contribution in [2.24, 2.45) is 5.92 Å². The summed E-state index contributed by atoms with van der Waals surface area (Å²) in [4.78, 5) is 13.2. The van der Waals surface area contributed by atoms with Gasteiger partial charge in [-0.15, -0.1) is 0 Å². The van der Waals surface area contributed by atoms with Crippen molar-refractivity contribution < 1.29 is 18.3 Å². The molecule has 1 amide bonds. The third kappa shape index (κ3) is 5.32. The smallest absolute Gasteiger partial charge is 0.277 e. The first-order chi connectivity index (χ1) is 14.0. The van der Waals surface area contributed by atoms with Gasteiger partial charge in [0.25, 0.3) is 5.91 Å². The van der Waals surface area contributed by atoms with E-state index in [-0.39, 0.29) is 5.69 Å². The Bertz CT molecular complexity index is 996. The Hall–Kier alpha value is -2.93. The zero-order valence-corrected chi connectivity index (χ0v) is 17.5.